The van der Waals surface area contributed by atoms with Gasteiger partial charge in [0, 0.05) is 32.8 Å². The predicted octanol–water partition coefficient (Wildman–Crippen LogP) is 5.79. The van der Waals surface area contributed by atoms with Crippen molar-refractivity contribution in [2.45, 2.75) is 6.92 Å². The van der Waals surface area contributed by atoms with Crippen LogP contribution in [0.25, 0.3) is 24.5 Å². The van der Waals surface area contributed by atoms with Crippen molar-refractivity contribution in [2.75, 3.05) is 0 Å². The molecule has 108 valence electrons. The molecule has 4 rings (SSSR count). The predicted molar refractivity (Wildman–Crippen MR) is 97.2 cm³/mol. The van der Waals surface area contributed by atoms with Crippen LogP contribution in [0.15, 0.2) is 66.3 Å². The van der Waals surface area contributed by atoms with Crippen molar-refractivity contribution in [3.63, 3.8) is 0 Å². The molecule has 0 atom stereocenters. The Bertz CT molecular complexity index is 883. The maximum Gasteiger partial charge on any atom is 0.267 e. The summed E-state index contributed by atoms with van der Waals surface area (Å²) in [4.78, 5) is 5.37. The number of hydrogen-bond donors (Lipinski definition) is 0. The third-order valence-electron chi connectivity index (χ3n) is 3.46. The van der Waals surface area contributed by atoms with E-state index in [9.17, 15) is 0 Å². The maximum absolute atomic E-state index is 2.23. The van der Waals surface area contributed by atoms with Crippen LogP contribution in [0.3, 0.4) is 0 Å². The zero-order chi connectivity index (χ0) is 14.9. The van der Waals surface area contributed by atoms with Crippen LogP contribution in [-0.4, -0.2) is 0 Å². The van der Waals surface area contributed by atoms with Gasteiger partial charge in [0.05, 0.1) is 4.88 Å². The van der Waals surface area contributed by atoms with Crippen LogP contribution in [0.1, 0.15) is 5.56 Å². The summed E-state index contributed by atoms with van der Waals surface area (Å²) in [5.41, 5.74) is 1.28. The van der Waals surface area contributed by atoms with Crippen molar-refractivity contribution in [1.29, 1.82) is 0 Å². The Labute approximate surface area is 141 Å². The number of thiophene rings is 3. The van der Waals surface area contributed by atoms with Gasteiger partial charge in [-0.2, -0.15) is 4.57 Å². The minimum absolute atomic E-state index is 1.25. The monoisotopic (exact) mass is 340 g/mol. The molecule has 0 bridgehead atoms. The van der Waals surface area contributed by atoms with Crippen LogP contribution >= 0.6 is 34.0 Å². The first-order chi connectivity index (χ1) is 10.8. The molecule has 0 amide bonds. The summed E-state index contributed by atoms with van der Waals surface area (Å²) in [6, 6.07) is 17.4. The number of aryl methyl sites for hydroxylation is 1. The summed E-state index contributed by atoms with van der Waals surface area (Å²) in [6.45, 7) is 2.11. The molecule has 4 heteroatoms. The van der Waals surface area contributed by atoms with E-state index in [0.29, 0.717) is 0 Å². The van der Waals surface area contributed by atoms with Gasteiger partial charge in [0.25, 0.3) is 5.00 Å². The van der Waals surface area contributed by atoms with Gasteiger partial charge >= 0.3 is 0 Å². The van der Waals surface area contributed by atoms with E-state index in [1.807, 2.05) is 22.7 Å². The van der Waals surface area contributed by atoms with Crippen LogP contribution in [0, 0.1) is 6.92 Å². The second-order valence-electron chi connectivity index (χ2n) is 5.06. The second kappa shape index (κ2) is 5.80. The van der Waals surface area contributed by atoms with Crippen LogP contribution in [0.5, 0.6) is 0 Å². The normalized spacial score (nSPS) is 11.0. The van der Waals surface area contributed by atoms with E-state index in [2.05, 4.69) is 77.8 Å². The van der Waals surface area contributed by atoms with E-state index in [1.54, 1.807) is 11.3 Å². The first-order valence-electron chi connectivity index (χ1n) is 7.02. The summed E-state index contributed by atoms with van der Waals surface area (Å²) in [5.74, 6) is 0. The van der Waals surface area contributed by atoms with Crippen LogP contribution in [-0.2, 0) is 0 Å². The molecule has 1 nitrogen and oxygen atoms in total. The molecule has 0 spiro atoms. The Kier molecular flexibility index (Phi) is 3.66. The summed E-state index contributed by atoms with van der Waals surface area (Å²) < 4.78 is 2.18. The van der Waals surface area contributed by atoms with E-state index in [-0.39, 0.29) is 0 Å². The van der Waals surface area contributed by atoms with Crippen molar-refractivity contribution in [1.82, 2.24) is 0 Å². The largest absolute Gasteiger partial charge is 0.267 e. The van der Waals surface area contributed by atoms with E-state index in [4.69, 9.17) is 0 Å². The topological polar surface area (TPSA) is 3.88 Å². The fourth-order valence-electron chi connectivity index (χ4n) is 2.27. The molecule has 0 unspecified atom stereocenters. The molecule has 0 saturated heterocycles. The van der Waals surface area contributed by atoms with E-state index >= 15 is 0 Å². The van der Waals surface area contributed by atoms with Crippen LogP contribution in [0.2, 0.25) is 0 Å². The van der Waals surface area contributed by atoms with Gasteiger partial charge in [-0.05, 0) is 42.1 Å². The number of pyridine rings is 1. The van der Waals surface area contributed by atoms with Gasteiger partial charge < -0.3 is 0 Å². The zero-order valence-corrected chi connectivity index (χ0v) is 14.5. The molecule has 4 aromatic heterocycles. The average molecular weight is 341 g/mol. The lowest BCUT2D eigenvalue weighted by molar-refractivity contribution is -0.591. The third kappa shape index (κ3) is 2.65. The summed E-state index contributed by atoms with van der Waals surface area (Å²) in [6.07, 6.45) is 4.24. The first-order valence-corrected chi connectivity index (χ1v) is 9.53. The second-order valence-corrected chi connectivity index (χ2v) is 8.16. The van der Waals surface area contributed by atoms with E-state index < -0.39 is 0 Å². The van der Waals surface area contributed by atoms with Crippen molar-refractivity contribution in [3.05, 3.63) is 71.9 Å². The molecular weight excluding hydrogens is 326 g/mol. The number of aromatic nitrogens is 1. The SMILES string of the molecule is Cc1cc[n+](-c2ccc(-c3ccc(-c4cccs4)s3)s2)cc1. The number of hydrogen-bond acceptors (Lipinski definition) is 3. The molecule has 0 saturated carbocycles. The highest BCUT2D eigenvalue weighted by atomic mass is 32.1. The lowest BCUT2D eigenvalue weighted by Gasteiger charge is -1.92. The zero-order valence-electron chi connectivity index (χ0n) is 12.0. The van der Waals surface area contributed by atoms with Crippen molar-refractivity contribution < 1.29 is 4.57 Å². The van der Waals surface area contributed by atoms with Gasteiger partial charge in [-0.3, -0.25) is 0 Å². The smallest absolute Gasteiger partial charge is 0.158 e. The fourth-order valence-corrected chi connectivity index (χ4v) is 5.17. The molecule has 0 aliphatic carbocycles. The van der Waals surface area contributed by atoms with Crippen molar-refractivity contribution >= 4 is 34.0 Å². The van der Waals surface area contributed by atoms with Crippen LogP contribution < -0.4 is 4.57 Å². The van der Waals surface area contributed by atoms with Gasteiger partial charge in [0.2, 0.25) is 0 Å². The van der Waals surface area contributed by atoms with Crippen molar-refractivity contribution in [2.24, 2.45) is 0 Å². The highest BCUT2D eigenvalue weighted by Gasteiger charge is 2.12. The van der Waals surface area contributed by atoms with E-state index in [0.717, 1.165) is 0 Å². The molecule has 0 radical (unpaired) electrons. The standard InChI is InChI=1S/C18H14NS3/c1-13-8-10-19(11-9-13)18-7-6-17(22-18)16-5-4-15(21-16)14-3-2-12-20-14/h2-12H,1H3/q+1. The fraction of sp³-hybridized carbons (Fsp3) is 0.0556. The third-order valence-corrected chi connectivity index (χ3v) is 6.90. The highest BCUT2D eigenvalue weighted by Crippen LogP contribution is 2.39. The Morgan fingerprint density at radius 1 is 0.727 bits per heavy atom. The Balaban J connectivity index is 1.65. The molecule has 0 aromatic carbocycles. The van der Waals surface area contributed by atoms with Gasteiger partial charge in [-0.25, -0.2) is 0 Å². The minimum atomic E-state index is 1.25. The highest BCUT2D eigenvalue weighted by molar-refractivity contribution is 7.26. The molecule has 0 aliphatic heterocycles. The van der Waals surface area contributed by atoms with Gasteiger partial charge in [0.15, 0.2) is 12.4 Å². The number of rotatable bonds is 3. The molecular formula is C18H14NS3+. The Morgan fingerprint density at radius 3 is 2.14 bits per heavy atom. The van der Waals surface area contributed by atoms with Gasteiger partial charge in [0.1, 0.15) is 0 Å². The summed E-state index contributed by atoms with van der Waals surface area (Å²) in [7, 11) is 0. The van der Waals surface area contributed by atoms with Gasteiger partial charge in [-0.15, -0.1) is 22.7 Å². The van der Waals surface area contributed by atoms with E-state index in [1.165, 1.54) is 30.1 Å². The maximum atomic E-state index is 2.23. The molecule has 4 aromatic rings. The summed E-state index contributed by atoms with van der Waals surface area (Å²) in [5, 5.41) is 3.38. The lowest BCUT2D eigenvalue weighted by atomic mass is 10.3. The lowest BCUT2D eigenvalue weighted by Crippen LogP contribution is -2.27. The average Bonchev–Trinajstić information content (AvgIpc) is 3.27. The molecule has 0 N–H and O–H groups in total. The Hall–Kier alpha value is -1.75. The minimum Gasteiger partial charge on any atom is -0.158 e. The Morgan fingerprint density at radius 2 is 1.41 bits per heavy atom. The molecule has 4 heterocycles. The summed E-state index contributed by atoms with van der Waals surface area (Å²) >= 11 is 5.50. The molecule has 0 aliphatic rings. The number of nitrogens with zero attached hydrogens (tertiary/aromatic N) is 1. The van der Waals surface area contributed by atoms with Crippen molar-refractivity contribution in [3.8, 4) is 24.5 Å². The molecule has 0 fully saturated rings. The quantitative estimate of drug-likeness (QED) is 0.416. The van der Waals surface area contributed by atoms with Gasteiger partial charge in [-0.1, -0.05) is 17.4 Å². The van der Waals surface area contributed by atoms with Crippen LogP contribution in [0.4, 0.5) is 0 Å². The molecule has 22 heavy (non-hydrogen) atoms. The first kappa shape index (κ1) is 13.9.